The third-order valence-corrected chi connectivity index (χ3v) is 5.72. The van der Waals surface area contributed by atoms with Gasteiger partial charge in [0.15, 0.2) is 5.43 Å². The molecule has 3 aromatic carbocycles. The Morgan fingerprint density at radius 3 is 2.30 bits per heavy atom. The maximum absolute atomic E-state index is 14.8. The van der Waals surface area contributed by atoms with Crippen LogP contribution in [0.25, 0.3) is 11.0 Å². The first-order valence-corrected chi connectivity index (χ1v) is 9.68. The van der Waals surface area contributed by atoms with Gasteiger partial charge in [0.25, 0.3) is 5.91 Å². The molecule has 0 aliphatic carbocycles. The van der Waals surface area contributed by atoms with Crippen molar-refractivity contribution in [3.8, 4) is 0 Å². The maximum Gasteiger partial charge on any atom is 0.295 e. The summed E-state index contributed by atoms with van der Waals surface area (Å²) in [7, 11) is 0. The van der Waals surface area contributed by atoms with Crippen LogP contribution in [0.4, 0.5) is 10.1 Å². The Balaban J connectivity index is 1.86. The lowest BCUT2D eigenvalue weighted by atomic mass is 9.97. The van der Waals surface area contributed by atoms with Gasteiger partial charge in [0.2, 0.25) is 5.76 Å². The van der Waals surface area contributed by atoms with Crippen molar-refractivity contribution in [1.29, 1.82) is 0 Å². The van der Waals surface area contributed by atoms with Gasteiger partial charge in [0.1, 0.15) is 11.4 Å². The van der Waals surface area contributed by atoms with Crippen LogP contribution in [0.5, 0.6) is 0 Å². The molecule has 4 nitrogen and oxygen atoms in total. The van der Waals surface area contributed by atoms with Crippen molar-refractivity contribution in [1.82, 2.24) is 0 Å². The predicted octanol–water partition coefficient (Wildman–Crippen LogP) is 5.30. The summed E-state index contributed by atoms with van der Waals surface area (Å²) in [6.07, 6.45) is 0. The Kier molecular flexibility index (Phi) is 4.07. The first-order chi connectivity index (χ1) is 14.5. The van der Waals surface area contributed by atoms with Gasteiger partial charge < -0.3 is 4.42 Å². The summed E-state index contributed by atoms with van der Waals surface area (Å²) in [5.41, 5.74) is 2.95. The fourth-order valence-corrected chi connectivity index (χ4v) is 4.07. The quantitative estimate of drug-likeness (QED) is 0.460. The maximum atomic E-state index is 14.8. The van der Waals surface area contributed by atoms with E-state index >= 15 is 0 Å². The Morgan fingerprint density at radius 1 is 0.900 bits per heavy atom. The Hall–Kier alpha value is -3.73. The number of amides is 1. The number of carbonyl (C=O) groups excluding carboxylic acids is 1. The van der Waals surface area contributed by atoms with Gasteiger partial charge in [-0.05, 0) is 55.3 Å². The number of hydrogen-bond acceptors (Lipinski definition) is 3. The predicted molar refractivity (Wildman–Crippen MR) is 113 cm³/mol. The van der Waals surface area contributed by atoms with Crippen molar-refractivity contribution in [2.24, 2.45) is 0 Å². The lowest BCUT2D eigenvalue weighted by molar-refractivity contribution is 0.0971. The summed E-state index contributed by atoms with van der Waals surface area (Å²) < 4.78 is 20.8. The molecule has 0 saturated heterocycles. The second-order valence-electron chi connectivity index (χ2n) is 7.54. The molecule has 1 aliphatic rings. The van der Waals surface area contributed by atoms with Crippen LogP contribution in [0.1, 0.15) is 38.9 Å². The highest BCUT2D eigenvalue weighted by Crippen LogP contribution is 2.41. The number of carbonyl (C=O) groups is 1. The average Bonchev–Trinajstić information content (AvgIpc) is 3.03. The second kappa shape index (κ2) is 6.66. The van der Waals surface area contributed by atoms with E-state index < -0.39 is 17.8 Å². The third-order valence-electron chi connectivity index (χ3n) is 5.72. The highest BCUT2D eigenvalue weighted by Gasteiger charge is 2.44. The summed E-state index contributed by atoms with van der Waals surface area (Å²) in [6.45, 7) is 3.83. The van der Waals surface area contributed by atoms with Crippen molar-refractivity contribution < 1.29 is 13.6 Å². The Labute approximate surface area is 172 Å². The number of anilines is 1. The number of aryl methyl sites for hydroxylation is 2. The summed E-state index contributed by atoms with van der Waals surface area (Å²) >= 11 is 0. The SMILES string of the molecule is Cc1cc2oc3c(c(=O)c2cc1C)C(c1ccccc1F)N(c1ccccc1)C3=O. The van der Waals surface area contributed by atoms with Crippen LogP contribution < -0.4 is 10.3 Å². The molecular weight excluding hydrogens is 381 g/mol. The number of nitrogens with zero attached hydrogens (tertiary/aromatic N) is 1. The fraction of sp³-hybridized carbons (Fsp3) is 0.120. The summed E-state index contributed by atoms with van der Waals surface area (Å²) in [6, 6.07) is 17.8. The third kappa shape index (κ3) is 2.59. The summed E-state index contributed by atoms with van der Waals surface area (Å²) in [5.74, 6) is -0.974. The van der Waals surface area contributed by atoms with Gasteiger partial charge >= 0.3 is 0 Å². The molecule has 0 saturated carbocycles. The van der Waals surface area contributed by atoms with E-state index in [9.17, 15) is 14.0 Å². The first-order valence-electron chi connectivity index (χ1n) is 9.68. The number of para-hydroxylation sites is 1. The molecule has 0 N–H and O–H groups in total. The van der Waals surface area contributed by atoms with Crippen LogP contribution >= 0.6 is 0 Å². The van der Waals surface area contributed by atoms with E-state index in [4.69, 9.17) is 4.42 Å². The normalized spacial score (nSPS) is 15.6. The van der Waals surface area contributed by atoms with Crippen LogP contribution in [-0.2, 0) is 0 Å². The zero-order valence-electron chi connectivity index (χ0n) is 16.5. The van der Waals surface area contributed by atoms with Crippen molar-refractivity contribution >= 4 is 22.6 Å². The number of fused-ring (bicyclic) bond motifs is 2. The van der Waals surface area contributed by atoms with Crippen LogP contribution in [-0.4, -0.2) is 5.91 Å². The Bertz CT molecular complexity index is 1370. The smallest absolute Gasteiger partial charge is 0.295 e. The molecule has 0 fully saturated rings. The number of hydrogen-bond donors (Lipinski definition) is 0. The molecule has 0 bridgehead atoms. The molecule has 2 heterocycles. The molecule has 1 amide bonds. The number of halogens is 1. The molecular formula is C25H18FNO3. The molecule has 0 radical (unpaired) electrons. The topological polar surface area (TPSA) is 50.5 Å². The highest BCUT2D eigenvalue weighted by molar-refractivity contribution is 6.10. The standard InChI is InChI=1S/C25H18FNO3/c1-14-12-18-20(13-15(14)2)30-24-21(23(18)28)22(17-10-6-7-11-19(17)26)27(25(24)29)16-8-4-3-5-9-16/h3-13,22H,1-2H3. The molecule has 1 aliphatic heterocycles. The molecule has 1 unspecified atom stereocenters. The zero-order valence-corrected chi connectivity index (χ0v) is 16.5. The van der Waals surface area contributed by atoms with E-state index in [0.717, 1.165) is 11.1 Å². The van der Waals surface area contributed by atoms with Crippen LogP contribution in [0.15, 0.2) is 75.9 Å². The van der Waals surface area contributed by atoms with Crippen molar-refractivity contribution in [3.63, 3.8) is 0 Å². The van der Waals surface area contributed by atoms with Crippen molar-refractivity contribution in [2.75, 3.05) is 4.90 Å². The zero-order chi connectivity index (χ0) is 21.0. The molecule has 5 heteroatoms. The van der Waals surface area contributed by atoms with Gasteiger partial charge in [-0.2, -0.15) is 0 Å². The molecule has 30 heavy (non-hydrogen) atoms. The molecule has 0 spiro atoms. The summed E-state index contributed by atoms with van der Waals surface area (Å²) in [4.78, 5) is 28.4. The highest BCUT2D eigenvalue weighted by atomic mass is 19.1. The van der Waals surface area contributed by atoms with Crippen LogP contribution in [0.2, 0.25) is 0 Å². The van der Waals surface area contributed by atoms with E-state index in [1.54, 1.807) is 54.6 Å². The van der Waals surface area contributed by atoms with E-state index in [1.807, 2.05) is 19.9 Å². The first kappa shape index (κ1) is 18.3. The number of benzene rings is 3. The molecule has 1 atom stereocenters. The van der Waals surface area contributed by atoms with Gasteiger partial charge in [0.05, 0.1) is 17.0 Å². The number of rotatable bonds is 2. The monoisotopic (exact) mass is 399 g/mol. The van der Waals surface area contributed by atoms with E-state index in [-0.39, 0.29) is 22.3 Å². The minimum Gasteiger partial charge on any atom is -0.450 e. The fourth-order valence-electron chi connectivity index (χ4n) is 4.07. The molecule has 1 aromatic heterocycles. The van der Waals surface area contributed by atoms with Gasteiger partial charge in [-0.1, -0.05) is 36.4 Å². The van der Waals surface area contributed by atoms with Crippen molar-refractivity contribution in [3.05, 3.63) is 111 Å². The lowest BCUT2D eigenvalue weighted by Gasteiger charge is -2.25. The van der Waals surface area contributed by atoms with Crippen molar-refractivity contribution in [2.45, 2.75) is 19.9 Å². The van der Waals surface area contributed by atoms with Crippen LogP contribution in [0, 0.1) is 19.7 Å². The van der Waals surface area contributed by atoms with Gasteiger partial charge in [0, 0.05) is 11.3 Å². The largest absolute Gasteiger partial charge is 0.450 e. The minimum atomic E-state index is -0.904. The minimum absolute atomic E-state index is 0.0344. The second-order valence-corrected chi connectivity index (χ2v) is 7.54. The Morgan fingerprint density at radius 2 is 1.57 bits per heavy atom. The summed E-state index contributed by atoms with van der Waals surface area (Å²) in [5, 5.41) is 0.390. The van der Waals surface area contributed by atoms with Crippen LogP contribution in [0.3, 0.4) is 0 Å². The van der Waals surface area contributed by atoms with Gasteiger partial charge in [-0.25, -0.2) is 4.39 Å². The molecule has 4 aromatic rings. The van der Waals surface area contributed by atoms with Gasteiger partial charge in [-0.3, -0.25) is 14.5 Å². The lowest BCUT2D eigenvalue weighted by Crippen LogP contribution is -2.30. The molecule has 5 rings (SSSR count). The van der Waals surface area contributed by atoms with Gasteiger partial charge in [-0.15, -0.1) is 0 Å². The van der Waals surface area contributed by atoms with E-state index in [2.05, 4.69) is 0 Å². The molecule has 148 valence electrons. The van der Waals surface area contributed by atoms with E-state index in [1.165, 1.54) is 11.0 Å². The average molecular weight is 399 g/mol. The van der Waals surface area contributed by atoms with E-state index in [0.29, 0.717) is 16.7 Å².